The van der Waals surface area contributed by atoms with Gasteiger partial charge in [-0.2, -0.15) is 0 Å². The van der Waals surface area contributed by atoms with Gasteiger partial charge in [0.1, 0.15) is 0 Å². The molecule has 3 N–H and O–H groups in total. The van der Waals surface area contributed by atoms with Gasteiger partial charge in [-0.1, -0.05) is 0 Å². The van der Waals surface area contributed by atoms with Crippen LogP contribution >= 0.6 is 27.3 Å². The minimum atomic E-state index is 0.152. The van der Waals surface area contributed by atoms with Crippen LogP contribution in [0.2, 0.25) is 0 Å². The van der Waals surface area contributed by atoms with E-state index >= 15 is 0 Å². The van der Waals surface area contributed by atoms with Crippen LogP contribution < -0.4 is 11.1 Å². The molecule has 2 heterocycles. The minimum absolute atomic E-state index is 0.152. The molecule has 84 valence electrons. The minimum Gasteiger partial charge on any atom is -0.322 e. The molecule has 0 saturated carbocycles. The molecule has 0 bridgehead atoms. The number of nitrogens with two attached hydrogens (primary N) is 1. The molecular formula is C10H16BrN3S. The molecule has 0 aliphatic carbocycles. The number of nitrogens with zero attached hydrogens (tertiary/aromatic N) is 1. The van der Waals surface area contributed by atoms with Gasteiger partial charge in [0.15, 0.2) is 0 Å². The lowest BCUT2D eigenvalue weighted by molar-refractivity contribution is 0.229. The summed E-state index contributed by atoms with van der Waals surface area (Å²) in [5.41, 5.74) is 6.17. The first-order valence-electron chi connectivity index (χ1n) is 5.18. The quantitative estimate of drug-likeness (QED) is 0.884. The Kier molecular flexibility index (Phi) is 4.16. The van der Waals surface area contributed by atoms with Crippen molar-refractivity contribution in [1.82, 2.24) is 10.2 Å². The fourth-order valence-electron chi connectivity index (χ4n) is 1.78. The molecule has 2 rings (SSSR count). The van der Waals surface area contributed by atoms with Crippen LogP contribution in [-0.2, 0) is 0 Å². The topological polar surface area (TPSA) is 41.3 Å². The summed E-state index contributed by atoms with van der Waals surface area (Å²) in [4.78, 5) is 3.69. The first-order valence-corrected chi connectivity index (χ1v) is 6.85. The maximum Gasteiger partial charge on any atom is 0.0519 e. The zero-order valence-corrected chi connectivity index (χ0v) is 11.0. The average Bonchev–Trinajstić information content (AvgIpc) is 2.66. The molecule has 1 aliphatic heterocycles. The van der Waals surface area contributed by atoms with E-state index in [1.54, 1.807) is 11.3 Å². The molecule has 1 atom stereocenters. The standard InChI is InChI=1S/C10H16BrN3S/c11-8-5-10(15-7-8)9(12)6-14-3-1-13-2-4-14/h5,7,9,13H,1-4,6,12H2. The van der Waals surface area contributed by atoms with Gasteiger partial charge in [-0.15, -0.1) is 11.3 Å². The van der Waals surface area contributed by atoms with Gasteiger partial charge in [0.25, 0.3) is 0 Å². The van der Waals surface area contributed by atoms with E-state index in [9.17, 15) is 0 Å². The van der Waals surface area contributed by atoms with Crippen LogP contribution in [0.1, 0.15) is 10.9 Å². The molecular weight excluding hydrogens is 274 g/mol. The number of rotatable bonds is 3. The van der Waals surface area contributed by atoms with E-state index < -0.39 is 0 Å². The fourth-order valence-corrected chi connectivity index (χ4v) is 3.22. The first-order chi connectivity index (χ1) is 7.25. The van der Waals surface area contributed by atoms with Gasteiger partial charge in [-0.05, 0) is 22.0 Å². The highest BCUT2D eigenvalue weighted by Gasteiger charge is 2.15. The maximum absolute atomic E-state index is 6.17. The van der Waals surface area contributed by atoms with Crippen molar-refractivity contribution in [3.8, 4) is 0 Å². The van der Waals surface area contributed by atoms with Gasteiger partial charge < -0.3 is 11.1 Å². The second-order valence-electron chi connectivity index (χ2n) is 3.82. The van der Waals surface area contributed by atoms with Crippen molar-refractivity contribution in [2.75, 3.05) is 32.7 Å². The third-order valence-electron chi connectivity index (χ3n) is 2.62. The Morgan fingerprint density at radius 3 is 2.87 bits per heavy atom. The van der Waals surface area contributed by atoms with Gasteiger partial charge in [-0.25, -0.2) is 0 Å². The molecule has 0 aromatic carbocycles. The fraction of sp³-hybridized carbons (Fsp3) is 0.600. The highest BCUT2D eigenvalue weighted by molar-refractivity contribution is 9.10. The molecule has 1 aromatic rings. The van der Waals surface area contributed by atoms with E-state index in [1.807, 2.05) is 0 Å². The van der Waals surface area contributed by atoms with Crippen molar-refractivity contribution in [2.24, 2.45) is 5.73 Å². The molecule has 5 heteroatoms. The summed E-state index contributed by atoms with van der Waals surface area (Å²) in [6.45, 7) is 5.36. The summed E-state index contributed by atoms with van der Waals surface area (Å²) in [5.74, 6) is 0. The SMILES string of the molecule is NC(CN1CCNCC1)c1cc(Br)cs1. The van der Waals surface area contributed by atoms with Crippen molar-refractivity contribution >= 4 is 27.3 Å². The van der Waals surface area contributed by atoms with Crippen molar-refractivity contribution in [3.05, 3.63) is 20.8 Å². The number of nitrogens with one attached hydrogen (secondary N) is 1. The lowest BCUT2D eigenvalue weighted by Crippen LogP contribution is -2.45. The van der Waals surface area contributed by atoms with Gasteiger partial charge in [0.2, 0.25) is 0 Å². The van der Waals surface area contributed by atoms with Crippen molar-refractivity contribution in [2.45, 2.75) is 6.04 Å². The van der Waals surface area contributed by atoms with Gasteiger partial charge in [-0.3, -0.25) is 4.90 Å². The Balaban J connectivity index is 1.88. The molecule has 1 saturated heterocycles. The summed E-state index contributed by atoms with van der Waals surface area (Å²) in [5, 5.41) is 5.43. The van der Waals surface area contributed by atoms with Crippen LogP contribution in [-0.4, -0.2) is 37.6 Å². The van der Waals surface area contributed by atoms with Crippen LogP contribution in [0.3, 0.4) is 0 Å². The monoisotopic (exact) mass is 289 g/mol. The largest absolute Gasteiger partial charge is 0.322 e. The van der Waals surface area contributed by atoms with E-state index in [1.165, 1.54) is 4.88 Å². The third kappa shape index (κ3) is 3.26. The van der Waals surface area contributed by atoms with Gasteiger partial charge in [0.05, 0.1) is 6.04 Å². The summed E-state index contributed by atoms with van der Waals surface area (Å²) in [6, 6.07) is 2.27. The predicted octanol–water partition coefficient (Wildman–Crippen LogP) is 1.42. The Morgan fingerprint density at radius 1 is 1.53 bits per heavy atom. The second kappa shape index (κ2) is 5.41. The number of halogens is 1. The highest BCUT2D eigenvalue weighted by atomic mass is 79.9. The van der Waals surface area contributed by atoms with Gasteiger partial charge >= 0.3 is 0 Å². The van der Waals surface area contributed by atoms with Crippen molar-refractivity contribution in [3.63, 3.8) is 0 Å². The lowest BCUT2D eigenvalue weighted by atomic mass is 10.2. The van der Waals surface area contributed by atoms with Crippen LogP contribution in [0.15, 0.2) is 15.9 Å². The molecule has 0 amide bonds. The number of hydrogen-bond donors (Lipinski definition) is 2. The Morgan fingerprint density at radius 2 is 2.27 bits per heavy atom. The highest BCUT2D eigenvalue weighted by Crippen LogP contribution is 2.24. The van der Waals surface area contributed by atoms with E-state index in [0.29, 0.717) is 0 Å². The molecule has 0 radical (unpaired) electrons. The van der Waals surface area contributed by atoms with Crippen LogP contribution in [0.25, 0.3) is 0 Å². The zero-order chi connectivity index (χ0) is 10.7. The summed E-state index contributed by atoms with van der Waals surface area (Å²) in [7, 11) is 0. The molecule has 1 aliphatic rings. The number of hydrogen-bond acceptors (Lipinski definition) is 4. The lowest BCUT2D eigenvalue weighted by Gasteiger charge is -2.29. The summed E-state index contributed by atoms with van der Waals surface area (Å²) < 4.78 is 1.14. The Hall–Kier alpha value is 0.0600. The Bertz CT molecular complexity index is 309. The van der Waals surface area contributed by atoms with Crippen LogP contribution in [0, 0.1) is 0 Å². The first kappa shape index (κ1) is 11.5. The summed E-state index contributed by atoms with van der Waals surface area (Å²) in [6.07, 6.45) is 0. The normalized spacial score (nSPS) is 20.4. The zero-order valence-electron chi connectivity index (χ0n) is 8.58. The third-order valence-corrected chi connectivity index (χ3v) is 4.44. The number of thiophene rings is 1. The summed E-state index contributed by atoms with van der Waals surface area (Å²) >= 11 is 5.19. The van der Waals surface area contributed by atoms with Gasteiger partial charge in [0, 0.05) is 47.5 Å². The molecule has 1 fully saturated rings. The smallest absolute Gasteiger partial charge is 0.0519 e. The number of piperazine rings is 1. The van der Waals surface area contributed by atoms with Crippen LogP contribution in [0.5, 0.6) is 0 Å². The molecule has 1 aromatic heterocycles. The maximum atomic E-state index is 6.17. The average molecular weight is 290 g/mol. The second-order valence-corrected chi connectivity index (χ2v) is 5.68. The predicted molar refractivity (Wildman–Crippen MR) is 68.3 cm³/mol. The molecule has 0 spiro atoms. The molecule has 3 nitrogen and oxygen atoms in total. The van der Waals surface area contributed by atoms with E-state index in [4.69, 9.17) is 5.73 Å². The molecule has 15 heavy (non-hydrogen) atoms. The van der Waals surface area contributed by atoms with E-state index in [2.05, 4.69) is 37.6 Å². The molecule has 1 unspecified atom stereocenters. The van der Waals surface area contributed by atoms with E-state index in [0.717, 1.165) is 37.2 Å². The van der Waals surface area contributed by atoms with Crippen LogP contribution in [0.4, 0.5) is 0 Å². The van der Waals surface area contributed by atoms with Crippen molar-refractivity contribution in [1.29, 1.82) is 0 Å². The van der Waals surface area contributed by atoms with E-state index in [-0.39, 0.29) is 6.04 Å². The van der Waals surface area contributed by atoms with Crippen molar-refractivity contribution < 1.29 is 0 Å². The Labute approximate surface area is 103 Å².